The summed E-state index contributed by atoms with van der Waals surface area (Å²) in [5.74, 6) is -0.583. The van der Waals surface area contributed by atoms with Crippen LogP contribution in [-0.2, 0) is 26.8 Å². The van der Waals surface area contributed by atoms with Gasteiger partial charge in [0.15, 0.2) is 11.0 Å². The second-order valence-electron chi connectivity index (χ2n) is 10.3. The molecule has 1 aliphatic heterocycles. The number of nitrogens with one attached hydrogen (secondary N) is 1. The molecule has 0 saturated carbocycles. The molecule has 0 aliphatic carbocycles. The molecule has 3 aromatic rings. The van der Waals surface area contributed by atoms with E-state index in [0.717, 1.165) is 17.7 Å². The van der Waals surface area contributed by atoms with Gasteiger partial charge in [0.1, 0.15) is 0 Å². The van der Waals surface area contributed by atoms with Gasteiger partial charge in [-0.1, -0.05) is 67.3 Å². The van der Waals surface area contributed by atoms with E-state index in [4.69, 9.17) is 28.0 Å². The standard InChI is InChI=1S/C28H25Cl2F3N2O3S/c1-16-11-17(24-15-27(38-34-24,28(31,32)33)19-12-20(29)14-21(30)13-19)5-10-23(16)25(36)35-39(37)22-8-6-18(7-9-22)26(2,3)4/h5-14H,15H2,1-4H3,(H,35,36). The maximum Gasteiger partial charge on any atom is 0.435 e. The van der Waals surface area contributed by atoms with Gasteiger partial charge in [0.2, 0.25) is 0 Å². The third kappa shape index (κ3) is 6.00. The normalized spacial score (nSPS) is 18.3. The van der Waals surface area contributed by atoms with Crippen molar-refractivity contribution in [3.8, 4) is 0 Å². The molecule has 0 spiro atoms. The summed E-state index contributed by atoms with van der Waals surface area (Å²) >= 11 is 11.9. The zero-order chi connectivity index (χ0) is 28.8. The Kier molecular flexibility index (Phi) is 7.91. The molecule has 1 heterocycles. The fourth-order valence-electron chi connectivity index (χ4n) is 4.22. The van der Waals surface area contributed by atoms with E-state index in [0.29, 0.717) is 16.0 Å². The number of carbonyl (C=O) groups excluding carboxylic acids is 1. The average molecular weight is 597 g/mol. The summed E-state index contributed by atoms with van der Waals surface area (Å²) in [7, 11) is -1.80. The van der Waals surface area contributed by atoms with Crippen LogP contribution in [0.5, 0.6) is 0 Å². The maximum absolute atomic E-state index is 14.3. The Morgan fingerprint density at radius 2 is 1.62 bits per heavy atom. The third-order valence-corrected chi connectivity index (χ3v) is 7.95. The quantitative estimate of drug-likeness (QED) is 0.329. The van der Waals surface area contributed by atoms with Crippen LogP contribution in [0, 0.1) is 6.92 Å². The number of hydrogen-bond acceptors (Lipinski definition) is 4. The molecule has 39 heavy (non-hydrogen) atoms. The Balaban J connectivity index is 1.53. The number of amides is 1. The largest absolute Gasteiger partial charge is 0.435 e. The third-order valence-electron chi connectivity index (χ3n) is 6.44. The molecule has 0 fully saturated rings. The van der Waals surface area contributed by atoms with Gasteiger partial charge in [-0.25, -0.2) is 4.21 Å². The summed E-state index contributed by atoms with van der Waals surface area (Å²) in [6, 6.07) is 15.2. The molecule has 0 bridgehead atoms. The number of halogens is 5. The Bertz CT molecular complexity index is 1460. The molecule has 4 rings (SSSR count). The van der Waals surface area contributed by atoms with E-state index in [1.165, 1.54) is 24.3 Å². The number of alkyl halides is 3. The van der Waals surface area contributed by atoms with Gasteiger partial charge in [-0.05, 0) is 71.5 Å². The fraction of sp³-hybridized carbons (Fsp3) is 0.286. The first-order valence-electron chi connectivity index (χ1n) is 11.8. The van der Waals surface area contributed by atoms with Crippen LogP contribution in [0.4, 0.5) is 13.2 Å². The second kappa shape index (κ2) is 10.6. The minimum atomic E-state index is -4.82. The number of carbonyl (C=O) groups is 1. The molecule has 0 aromatic heterocycles. The highest BCUT2D eigenvalue weighted by molar-refractivity contribution is 7.83. The lowest BCUT2D eigenvalue weighted by Gasteiger charge is -2.29. The van der Waals surface area contributed by atoms with E-state index in [2.05, 4.69) is 30.6 Å². The van der Waals surface area contributed by atoms with Crippen molar-refractivity contribution < 1.29 is 27.0 Å². The average Bonchev–Trinajstić information content (AvgIpc) is 3.30. The van der Waals surface area contributed by atoms with E-state index < -0.39 is 35.1 Å². The van der Waals surface area contributed by atoms with Crippen molar-refractivity contribution in [2.24, 2.45) is 5.16 Å². The minimum Gasteiger partial charge on any atom is -0.374 e. The highest BCUT2D eigenvalue weighted by atomic mass is 35.5. The summed E-state index contributed by atoms with van der Waals surface area (Å²) < 4.78 is 58.0. The summed E-state index contributed by atoms with van der Waals surface area (Å²) in [4.78, 5) is 18.3. The summed E-state index contributed by atoms with van der Waals surface area (Å²) in [5.41, 5.74) is -0.962. The topological polar surface area (TPSA) is 67.8 Å². The van der Waals surface area contributed by atoms with Crippen LogP contribution in [0.15, 0.2) is 70.7 Å². The molecule has 1 amide bonds. The lowest BCUT2D eigenvalue weighted by Crippen LogP contribution is -2.42. The molecular formula is C28H25Cl2F3N2O3S. The van der Waals surface area contributed by atoms with Crippen LogP contribution in [0.3, 0.4) is 0 Å². The van der Waals surface area contributed by atoms with Crippen molar-refractivity contribution in [3.63, 3.8) is 0 Å². The van der Waals surface area contributed by atoms with E-state index in [9.17, 15) is 22.2 Å². The van der Waals surface area contributed by atoms with E-state index in [1.54, 1.807) is 19.1 Å². The molecule has 3 aromatic carbocycles. The first kappa shape index (κ1) is 29.1. The lowest BCUT2D eigenvalue weighted by molar-refractivity contribution is -0.275. The molecule has 1 aliphatic rings. The van der Waals surface area contributed by atoms with Crippen LogP contribution in [0.1, 0.15) is 59.8 Å². The number of hydrogen-bond donors (Lipinski definition) is 1. The van der Waals surface area contributed by atoms with Crippen molar-refractivity contribution >= 4 is 45.8 Å². The van der Waals surface area contributed by atoms with Gasteiger partial charge in [-0.3, -0.25) is 9.52 Å². The van der Waals surface area contributed by atoms with Gasteiger partial charge >= 0.3 is 6.18 Å². The SMILES string of the molecule is Cc1cc(C2=NOC(c3cc(Cl)cc(Cl)c3)(C(F)(F)F)C2)ccc1C(=O)NS(=O)c1ccc(C(C)(C)C)cc1. The lowest BCUT2D eigenvalue weighted by atomic mass is 9.86. The Morgan fingerprint density at radius 1 is 1.00 bits per heavy atom. The number of nitrogens with zero attached hydrogens (tertiary/aromatic N) is 1. The number of rotatable bonds is 5. The summed E-state index contributed by atoms with van der Waals surface area (Å²) in [6.07, 6.45) is -5.44. The van der Waals surface area contributed by atoms with Crippen molar-refractivity contribution in [2.45, 2.75) is 56.2 Å². The van der Waals surface area contributed by atoms with Crippen LogP contribution >= 0.6 is 23.2 Å². The summed E-state index contributed by atoms with van der Waals surface area (Å²) in [5, 5.41) is 3.82. The van der Waals surface area contributed by atoms with Crippen molar-refractivity contribution in [1.29, 1.82) is 0 Å². The Hall–Kier alpha value is -2.88. The highest BCUT2D eigenvalue weighted by Gasteiger charge is 2.62. The van der Waals surface area contributed by atoms with Crippen LogP contribution in [-0.4, -0.2) is 22.0 Å². The van der Waals surface area contributed by atoms with Gasteiger partial charge < -0.3 is 4.84 Å². The molecule has 11 heteroatoms. The highest BCUT2D eigenvalue weighted by Crippen LogP contribution is 2.49. The zero-order valence-electron chi connectivity index (χ0n) is 21.5. The van der Waals surface area contributed by atoms with E-state index >= 15 is 0 Å². The van der Waals surface area contributed by atoms with Crippen LogP contribution in [0.25, 0.3) is 0 Å². The fourth-order valence-corrected chi connectivity index (χ4v) is 5.53. The van der Waals surface area contributed by atoms with Crippen LogP contribution < -0.4 is 4.72 Å². The molecular weight excluding hydrogens is 572 g/mol. The Labute approximate surface area is 236 Å². The van der Waals surface area contributed by atoms with Crippen LogP contribution in [0.2, 0.25) is 10.0 Å². The van der Waals surface area contributed by atoms with E-state index in [-0.39, 0.29) is 32.3 Å². The predicted octanol–water partition coefficient (Wildman–Crippen LogP) is 7.63. The van der Waals surface area contributed by atoms with Gasteiger partial charge in [0.25, 0.3) is 11.5 Å². The van der Waals surface area contributed by atoms with E-state index in [1.807, 2.05) is 12.1 Å². The first-order chi connectivity index (χ1) is 18.1. The molecule has 0 radical (unpaired) electrons. The number of oxime groups is 1. The minimum absolute atomic E-state index is 0.0342. The van der Waals surface area contributed by atoms with Gasteiger partial charge in [0.05, 0.1) is 10.6 Å². The van der Waals surface area contributed by atoms with Crippen molar-refractivity contribution in [3.05, 3.63) is 98.5 Å². The second-order valence-corrected chi connectivity index (χ2v) is 12.4. The van der Waals surface area contributed by atoms with Gasteiger partial charge in [-0.15, -0.1) is 0 Å². The first-order valence-corrected chi connectivity index (χ1v) is 13.7. The van der Waals surface area contributed by atoms with Gasteiger partial charge in [-0.2, -0.15) is 13.2 Å². The smallest absolute Gasteiger partial charge is 0.374 e. The molecule has 206 valence electrons. The zero-order valence-corrected chi connectivity index (χ0v) is 23.8. The molecule has 5 nitrogen and oxygen atoms in total. The number of aryl methyl sites for hydroxylation is 1. The molecule has 2 atom stereocenters. The monoisotopic (exact) mass is 596 g/mol. The summed E-state index contributed by atoms with van der Waals surface area (Å²) in [6.45, 7) is 7.81. The molecule has 1 N–H and O–H groups in total. The maximum atomic E-state index is 14.3. The number of benzene rings is 3. The van der Waals surface area contributed by atoms with Crippen molar-refractivity contribution in [2.75, 3.05) is 0 Å². The molecule has 2 unspecified atom stereocenters. The van der Waals surface area contributed by atoms with Crippen molar-refractivity contribution in [1.82, 2.24) is 4.72 Å². The van der Waals surface area contributed by atoms with Gasteiger partial charge in [0, 0.05) is 27.6 Å². The Morgan fingerprint density at radius 3 is 2.15 bits per heavy atom. The predicted molar refractivity (Wildman–Crippen MR) is 147 cm³/mol. The molecule has 0 saturated heterocycles.